The number of aromatic nitrogens is 3. The molecular formula is C28H28ClFN6O3. The zero-order valence-corrected chi connectivity index (χ0v) is 22.3. The Bertz CT molecular complexity index is 1520. The molecule has 11 heteroatoms. The highest BCUT2D eigenvalue weighted by Crippen LogP contribution is 2.24. The van der Waals surface area contributed by atoms with E-state index in [1.165, 1.54) is 23.4 Å². The van der Waals surface area contributed by atoms with Gasteiger partial charge < -0.3 is 20.5 Å². The quantitative estimate of drug-likeness (QED) is 0.313. The summed E-state index contributed by atoms with van der Waals surface area (Å²) in [4.78, 5) is 47.6. The average Bonchev–Trinajstić information content (AvgIpc) is 3.26. The number of fused-ring (bicyclic) bond motifs is 1. The number of hydrogen-bond acceptors (Lipinski definition) is 5. The van der Waals surface area contributed by atoms with Gasteiger partial charge in [0.2, 0.25) is 11.8 Å². The molecule has 2 aromatic heterocycles. The number of rotatable bonds is 10. The molecule has 9 nitrogen and oxygen atoms in total. The molecule has 202 valence electrons. The van der Waals surface area contributed by atoms with Gasteiger partial charge >= 0.3 is 0 Å². The molecule has 0 aliphatic rings. The predicted molar refractivity (Wildman–Crippen MR) is 145 cm³/mol. The van der Waals surface area contributed by atoms with Crippen molar-refractivity contribution in [1.29, 1.82) is 0 Å². The Hall–Kier alpha value is -4.31. The lowest BCUT2D eigenvalue weighted by Crippen LogP contribution is -2.45. The minimum absolute atomic E-state index is 0.0313. The third kappa shape index (κ3) is 6.58. The second-order valence-corrected chi connectivity index (χ2v) is 9.82. The van der Waals surface area contributed by atoms with Crippen molar-refractivity contribution >= 4 is 40.2 Å². The lowest BCUT2D eigenvalue weighted by molar-refractivity contribution is -0.138. The van der Waals surface area contributed by atoms with Crippen LogP contribution in [0.5, 0.6) is 0 Å². The second-order valence-electron chi connectivity index (χ2n) is 9.41. The number of nitrogens with zero attached hydrogens (tertiary/aromatic N) is 4. The van der Waals surface area contributed by atoms with E-state index in [2.05, 4.69) is 15.3 Å². The van der Waals surface area contributed by atoms with Gasteiger partial charge in [-0.1, -0.05) is 29.8 Å². The fourth-order valence-corrected chi connectivity index (χ4v) is 4.52. The molecule has 0 saturated carbocycles. The Morgan fingerprint density at radius 1 is 1.13 bits per heavy atom. The summed E-state index contributed by atoms with van der Waals surface area (Å²) < 4.78 is 15.8. The summed E-state index contributed by atoms with van der Waals surface area (Å²) in [6, 6.07) is 9.87. The highest BCUT2D eigenvalue weighted by atomic mass is 35.5. The zero-order chi connectivity index (χ0) is 28.1. The molecule has 0 saturated heterocycles. The number of nitrogens with two attached hydrogens (primary N) is 1. The highest BCUT2D eigenvalue weighted by Gasteiger charge is 2.23. The van der Waals surface area contributed by atoms with Crippen LogP contribution < -0.4 is 11.1 Å². The Morgan fingerprint density at radius 2 is 1.87 bits per heavy atom. The van der Waals surface area contributed by atoms with Gasteiger partial charge in [-0.05, 0) is 43.2 Å². The highest BCUT2D eigenvalue weighted by molar-refractivity contribution is 6.30. The monoisotopic (exact) mass is 550 g/mol. The molecule has 3 N–H and O–H groups in total. The van der Waals surface area contributed by atoms with Crippen LogP contribution in [-0.4, -0.2) is 49.7 Å². The van der Waals surface area contributed by atoms with Gasteiger partial charge in [-0.25, -0.2) is 14.4 Å². The summed E-state index contributed by atoms with van der Waals surface area (Å²) in [5.41, 5.74) is 8.69. The van der Waals surface area contributed by atoms with Gasteiger partial charge in [0.25, 0.3) is 5.91 Å². The van der Waals surface area contributed by atoms with Crippen LogP contribution in [0.15, 0.2) is 61.3 Å². The molecule has 0 unspecified atom stereocenters. The van der Waals surface area contributed by atoms with Crippen LogP contribution in [0.3, 0.4) is 0 Å². The normalized spacial score (nSPS) is 11.1. The first kappa shape index (κ1) is 27.7. The summed E-state index contributed by atoms with van der Waals surface area (Å²) in [7, 11) is 0. The van der Waals surface area contributed by atoms with E-state index in [-0.39, 0.29) is 42.2 Å². The molecule has 0 fully saturated rings. The van der Waals surface area contributed by atoms with Crippen LogP contribution in [0, 0.1) is 5.82 Å². The van der Waals surface area contributed by atoms with E-state index < -0.39 is 17.6 Å². The minimum atomic E-state index is -0.611. The number of primary amides is 1. The third-order valence-corrected chi connectivity index (χ3v) is 6.60. The van der Waals surface area contributed by atoms with Crippen LogP contribution in [-0.2, 0) is 29.1 Å². The molecule has 4 aromatic rings. The molecule has 0 bridgehead atoms. The number of nitrogens with one attached hydrogen (secondary N) is 1. The fraction of sp³-hybridized carbons (Fsp3) is 0.250. The van der Waals surface area contributed by atoms with Crippen molar-refractivity contribution < 1.29 is 18.8 Å². The van der Waals surface area contributed by atoms with Gasteiger partial charge in [0, 0.05) is 54.1 Å². The van der Waals surface area contributed by atoms with E-state index in [0.29, 0.717) is 22.9 Å². The van der Waals surface area contributed by atoms with Crippen LogP contribution in [0.4, 0.5) is 4.39 Å². The van der Waals surface area contributed by atoms with E-state index >= 15 is 0 Å². The second kappa shape index (κ2) is 12.0. The number of carbonyl (C=O) groups excluding carboxylic acids is 3. The Balaban J connectivity index is 1.50. The van der Waals surface area contributed by atoms with Crippen molar-refractivity contribution in [3.05, 3.63) is 94.4 Å². The van der Waals surface area contributed by atoms with Gasteiger partial charge in [0.05, 0.1) is 17.1 Å². The summed E-state index contributed by atoms with van der Waals surface area (Å²) in [5.74, 6) is -1.98. The van der Waals surface area contributed by atoms with E-state index in [1.807, 2.05) is 18.2 Å². The number of halogens is 2. The molecule has 0 aliphatic carbocycles. The Morgan fingerprint density at radius 3 is 2.56 bits per heavy atom. The standard InChI is InChI=1S/C28H28ClFN6O3/c1-17(2)36(14-25(37)34-12-20-4-3-5-23(29)27(20)30)26(38)15-35-13-22(28(31)39)21-9-18(6-7-24(21)35)8-19-10-32-16-33-11-19/h3-7,9-11,13,16-17H,8,12,14-15H2,1-2H3,(H2,31,39)(H,34,37). The maximum atomic E-state index is 14.1. The van der Waals surface area contributed by atoms with Crippen molar-refractivity contribution in [2.45, 2.75) is 39.4 Å². The summed E-state index contributed by atoms with van der Waals surface area (Å²) in [6.07, 6.45) is 7.02. The Labute approximate surface area is 229 Å². The van der Waals surface area contributed by atoms with Crippen LogP contribution in [0.1, 0.15) is 40.9 Å². The molecule has 2 aromatic carbocycles. The van der Waals surface area contributed by atoms with Crippen molar-refractivity contribution in [3.8, 4) is 0 Å². The lowest BCUT2D eigenvalue weighted by Gasteiger charge is -2.26. The molecule has 0 radical (unpaired) electrons. The topological polar surface area (TPSA) is 123 Å². The molecule has 4 rings (SSSR count). The fourth-order valence-electron chi connectivity index (χ4n) is 4.32. The smallest absolute Gasteiger partial charge is 0.250 e. The number of amides is 3. The van der Waals surface area contributed by atoms with E-state index in [4.69, 9.17) is 17.3 Å². The van der Waals surface area contributed by atoms with E-state index in [1.54, 1.807) is 43.1 Å². The molecule has 0 aliphatic heterocycles. The van der Waals surface area contributed by atoms with Crippen LogP contribution >= 0.6 is 11.6 Å². The molecular weight excluding hydrogens is 523 g/mol. The molecule has 0 spiro atoms. The van der Waals surface area contributed by atoms with E-state index in [0.717, 1.165) is 11.1 Å². The first-order valence-electron chi connectivity index (χ1n) is 12.3. The molecule has 39 heavy (non-hydrogen) atoms. The summed E-state index contributed by atoms with van der Waals surface area (Å²) in [5, 5.41) is 3.23. The summed E-state index contributed by atoms with van der Waals surface area (Å²) in [6.45, 7) is 3.20. The van der Waals surface area contributed by atoms with Gasteiger partial charge in [-0.2, -0.15) is 0 Å². The molecule has 3 amide bonds. The van der Waals surface area contributed by atoms with Crippen molar-refractivity contribution in [2.75, 3.05) is 6.54 Å². The first-order chi connectivity index (χ1) is 18.6. The lowest BCUT2D eigenvalue weighted by atomic mass is 10.0. The average molecular weight is 551 g/mol. The summed E-state index contributed by atoms with van der Waals surface area (Å²) >= 11 is 5.80. The van der Waals surface area contributed by atoms with Gasteiger partial charge in [0.15, 0.2) is 0 Å². The van der Waals surface area contributed by atoms with Crippen molar-refractivity contribution in [3.63, 3.8) is 0 Å². The maximum absolute atomic E-state index is 14.1. The SMILES string of the molecule is CC(C)N(CC(=O)NCc1cccc(Cl)c1F)C(=O)Cn1cc(C(N)=O)c2cc(Cc3cncnc3)ccc21. The maximum Gasteiger partial charge on any atom is 0.250 e. The number of benzene rings is 2. The Kier molecular flexibility index (Phi) is 8.55. The third-order valence-electron chi connectivity index (χ3n) is 6.30. The van der Waals surface area contributed by atoms with Crippen molar-refractivity contribution in [1.82, 2.24) is 24.8 Å². The van der Waals surface area contributed by atoms with Crippen LogP contribution in [0.25, 0.3) is 10.9 Å². The predicted octanol–water partition coefficient (Wildman–Crippen LogP) is 3.47. The van der Waals surface area contributed by atoms with Crippen LogP contribution in [0.2, 0.25) is 5.02 Å². The minimum Gasteiger partial charge on any atom is -0.366 e. The van der Waals surface area contributed by atoms with E-state index in [9.17, 15) is 18.8 Å². The van der Waals surface area contributed by atoms with Gasteiger partial charge in [-0.15, -0.1) is 0 Å². The number of hydrogen-bond donors (Lipinski definition) is 2. The van der Waals surface area contributed by atoms with Crippen molar-refractivity contribution in [2.24, 2.45) is 5.73 Å². The molecule has 0 atom stereocenters. The number of carbonyl (C=O) groups is 3. The first-order valence-corrected chi connectivity index (χ1v) is 12.7. The molecule has 2 heterocycles. The van der Waals surface area contributed by atoms with Gasteiger partial charge in [-0.3, -0.25) is 14.4 Å². The zero-order valence-electron chi connectivity index (χ0n) is 21.5. The largest absolute Gasteiger partial charge is 0.366 e. The van der Waals surface area contributed by atoms with Gasteiger partial charge in [0.1, 0.15) is 18.7 Å².